The molecule has 0 aliphatic carbocycles. The van der Waals surface area contributed by atoms with Crippen LogP contribution in [0.25, 0.3) is 10.8 Å². The zero-order valence-corrected chi connectivity index (χ0v) is 12.3. The molecule has 1 aliphatic rings. The minimum Gasteiger partial charge on any atom is -0.369 e. The van der Waals surface area contributed by atoms with Crippen LogP contribution in [0.3, 0.4) is 0 Å². The van der Waals surface area contributed by atoms with Gasteiger partial charge < -0.3 is 15.5 Å². The van der Waals surface area contributed by atoms with Gasteiger partial charge in [-0.25, -0.2) is 0 Å². The Labute approximate surface area is 121 Å². The van der Waals surface area contributed by atoms with Crippen LogP contribution in [0.4, 0.5) is 5.69 Å². The van der Waals surface area contributed by atoms with Crippen LogP contribution in [0.1, 0.15) is 12.0 Å². The number of benzene rings is 2. The van der Waals surface area contributed by atoms with Crippen LogP contribution in [0, 0.1) is 0 Å². The zero-order valence-electron chi connectivity index (χ0n) is 12.3. The fourth-order valence-electron chi connectivity index (χ4n) is 3.18. The van der Waals surface area contributed by atoms with Crippen molar-refractivity contribution in [3.05, 3.63) is 42.0 Å². The average Bonchev–Trinajstić information content (AvgIpc) is 2.96. The topological polar surface area (TPSA) is 32.5 Å². The maximum atomic E-state index is 5.86. The molecule has 1 aliphatic heterocycles. The quantitative estimate of drug-likeness (QED) is 0.929. The molecule has 3 rings (SSSR count). The number of nitrogens with two attached hydrogens (primary N) is 1. The maximum absolute atomic E-state index is 5.86. The molecule has 0 radical (unpaired) electrons. The predicted octanol–water partition coefficient (Wildman–Crippen LogP) is 2.44. The van der Waals surface area contributed by atoms with Gasteiger partial charge in [0, 0.05) is 36.7 Å². The molecule has 0 aromatic heterocycles. The van der Waals surface area contributed by atoms with Gasteiger partial charge in [0.2, 0.25) is 0 Å². The number of hydrogen-bond acceptors (Lipinski definition) is 3. The van der Waals surface area contributed by atoms with Crippen LogP contribution in [0.5, 0.6) is 0 Å². The summed E-state index contributed by atoms with van der Waals surface area (Å²) in [6.45, 7) is 2.84. The van der Waals surface area contributed by atoms with E-state index in [9.17, 15) is 0 Å². The van der Waals surface area contributed by atoms with Crippen molar-refractivity contribution in [1.29, 1.82) is 0 Å². The summed E-state index contributed by atoms with van der Waals surface area (Å²) in [7, 11) is 4.34. The Balaban J connectivity index is 2.01. The summed E-state index contributed by atoms with van der Waals surface area (Å²) in [4.78, 5) is 4.84. The molecule has 1 atom stereocenters. The molecule has 0 saturated carbocycles. The molecular weight excluding hydrogens is 246 g/mol. The van der Waals surface area contributed by atoms with Crippen LogP contribution in [-0.2, 0) is 6.54 Å². The number of likely N-dealkylation sites (N-methyl/N-ethyl adjacent to an activating group) is 1. The summed E-state index contributed by atoms with van der Waals surface area (Å²) in [5.74, 6) is 0. The third-order valence-electron chi connectivity index (χ3n) is 4.45. The lowest BCUT2D eigenvalue weighted by Gasteiger charge is -2.23. The smallest absolute Gasteiger partial charge is 0.0446 e. The number of rotatable bonds is 3. The van der Waals surface area contributed by atoms with Gasteiger partial charge in [0.15, 0.2) is 0 Å². The van der Waals surface area contributed by atoms with E-state index in [0.29, 0.717) is 12.6 Å². The fourth-order valence-corrected chi connectivity index (χ4v) is 3.18. The third-order valence-corrected chi connectivity index (χ3v) is 4.45. The van der Waals surface area contributed by atoms with Crippen molar-refractivity contribution in [2.45, 2.75) is 19.0 Å². The predicted molar refractivity (Wildman–Crippen MR) is 86.1 cm³/mol. The second-order valence-electron chi connectivity index (χ2n) is 5.85. The minimum absolute atomic E-state index is 0.598. The van der Waals surface area contributed by atoms with Crippen molar-refractivity contribution in [3.8, 4) is 0 Å². The lowest BCUT2D eigenvalue weighted by atomic mass is 10.0. The molecule has 2 aromatic carbocycles. The van der Waals surface area contributed by atoms with E-state index in [1.54, 1.807) is 0 Å². The molecule has 0 bridgehead atoms. The molecule has 1 saturated heterocycles. The number of hydrogen-bond donors (Lipinski definition) is 1. The van der Waals surface area contributed by atoms with Gasteiger partial charge in [-0.15, -0.1) is 0 Å². The molecule has 2 N–H and O–H groups in total. The first-order valence-corrected chi connectivity index (χ1v) is 7.33. The monoisotopic (exact) mass is 269 g/mol. The Morgan fingerprint density at radius 2 is 1.90 bits per heavy atom. The summed E-state index contributed by atoms with van der Waals surface area (Å²) >= 11 is 0. The maximum Gasteiger partial charge on any atom is 0.0446 e. The van der Waals surface area contributed by atoms with Gasteiger partial charge in [-0.2, -0.15) is 0 Å². The summed E-state index contributed by atoms with van der Waals surface area (Å²) in [5.41, 5.74) is 8.44. The lowest BCUT2D eigenvalue weighted by molar-refractivity contribution is 0.315. The highest BCUT2D eigenvalue weighted by molar-refractivity contribution is 5.96. The van der Waals surface area contributed by atoms with Gasteiger partial charge in [-0.3, -0.25) is 0 Å². The third kappa shape index (κ3) is 2.28. The van der Waals surface area contributed by atoms with Gasteiger partial charge in [0.1, 0.15) is 0 Å². The largest absolute Gasteiger partial charge is 0.369 e. The number of fused-ring (bicyclic) bond motifs is 1. The highest BCUT2D eigenvalue weighted by Gasteiger charge is 2.25. The second kappa shape index (κ2) is 5.43. The summed E-state index contributed by atoms with van der Waals surface area (Å²) in [5, 5.41) is 2.62. The van der Waals surface area contributed by atoms with E-state index in [2.05, 4.69) is 60.3 Å². The standard InChI is InChI=1S/C17H23N3/c1-19(2)14-9-10-20(12-14)17-8-7-13(11-18)15-5-3-4-6-16(15)17/h3-8,14H,9-12,18H2,1-2H3. The molecule has 2 aromatic rings. The van der Waals surface area contributed by atoms with Crippen LogP contribution >= 0.6 is 0 Å². The SMILES string of the molecule is CN(C)C1CCN(c2ccc(CN)c3ccccc23)C1. The molecule has 20 heavy (non-hydrogen) atoms. The van der Waals surface area contributed by atoms with E-state index in [4.69, 9.17) is 5.73 Å². The molecule has 3 heteroatoms. The molecule has 3 nitrogen and oxygen atoms in total. The molecule has 0 spiro atoms. The first-order chi connectivity index (χ1) is 9.70. The first-order valence-electron chi connectivity index (χ1n) is 7.33. The highest BCUT2D eigenvalue weighted by atomic mass is 15.2. The van der Waals surface area contributed by atoms with Gasteiger partial charge in [0.05, 0.1) is 0 Å². The van der Waals surface area contributed by atoms with Crippen molar-refractivity contribution >= 4 is 16.5 Å². The van der Waals surface area contributed by atoms with Gasteiger partial charge in [-0.1, -0.05) is 30.3 Å². The zero-order chi connectivity index (χ0) is 14.1. The van der Waals surface area contributed by atoms with Crippen molar-refractivity contribution in [2.75, 3.05) is 32.1 Å². The van der Waals surface area contributed by atoms with Gasteiger partial charge in [-0.05, 0) is 37.5 Å². The van der Waals surface area contributed by atoms with Crippen LogP contribution in [0.15, 0.2) is 36.4 Å². The molecule has 0 amide bonds. The molecule has 1 fully saturated rings. The average molecular weight is 269 g/mol. The Bertz CT molecular complexity index is 606. The van der Waals surface area contributed by atoms with E-state index in [1.807, 2.05) is 0 Å². The Morgan fingerprint density at radius 3 is 2.55 bits per heavy atom. The summed E-state index contributed by atoms with van der Waals surface area (Å²) in [6.07, 6.45) is 1.24. The second-order valence-corrected chi connectivity index (χ2v) is 5.85. The van der Waals surface area contributed by atoms with E-state index in [-0.39, 0.29) is 0 Å². The van der Waals surface area contributed by atoms with Crippen LogP contribution in [-0.4, -0.2) is 38.1 Å². The highest BCUT2D eigenvalue weighted by Crippen LogP contribution is 2.32. The minimum atomic E-state index is 0.598. The molecular formula is C17H23N3. The van der Waals surface area contributed by atoms with Crippen molar-refractivity contribution in [1.82, 2.24) is 4.90 Å². The normalized spacial score (nSPS) is 19.2. The molecule has 1 unspecified atom stereocenters. The molecule has 106 valence electrons. The van der Waals surface area contributed by atoms with Crippen LogP contribution < -0.4 is 10.6 Å². The van der Waals surface area contributed by atoms with Crippen molar-refractivity contribution < 1.29 is 0 Å². The van der Waals surface area contributed by atoms with Gasteiger partial charge >= 0.3 is 0 Å². The lowest BCUT2D eigenvalue weighted by Crippen LogP contribution is -2.31. The molecule has 1 heterocycles. The van der Waals surface area contributed by atoms with E-state index in [0.717, 1.165) is 13.1 Å². The summed E-state index contributed by atoms with van der Waals surface area (Å²) in [6, 6.07) is 13.7. The first kappa shape index (κ1) is 13.4. The van der Waals surface area contributed by atoms with E-state index >= 15 is 0 Å². The van der Waals surface area contributed by atoms with Crippen molar-refractivity contribution in [2.24, 2.45) is 5.73 Å². The van der Waals surface area contributed by atoms with Crippen molar-refractivity contribution in [3.63, 3.8) is 0 Å². The Kier molecular flexibility index (Phi) is 3.64. The van der Waals surface area contributed by atoms with E-state index in [1.165, 1.54) is 28.4 Å². The number of anilines is 1. The Morgan fingerprint density at radius 1 is 1.15 bits per heavy atom. The number of nitrogens with zero attached hydrogens (tertiary/aromatic N) is 2. The summed E-state index contributed by atoms with van der Waals surface area (Å²) < 4.78 is 0. The van der Waals surface area contributed by atoms with Gasteiger partial charge in [0.25, 0.3) is 0 Å². The Hall–Kier alpha value is -1.58. The fraction of sp³-hybridized carbons (Fsp3) is 0.412. The van der Waals surface area contributed by atoms with E-state index < -0.39 is 0 Å². The van der Waals surface area contributed by atoms with Crippen LogP contribution in [0.2, 0.25) is 0 Å².